The quantitative estimate of drug-likeness (QED) is 0.819. The van der Waals surface area contributed by atoms with E-state index in [-0.39, 0.29) is 22.8 Å². The van der Waals surface area contributed by atoms with Crippen molar-refractivity contribution < 1.29 is 22.7 Å². The van der Waals surface area contributed by atoms with Gasteiger partial charge in [-0.1, -0.05) is 0 Å². The Bertz CT molecular complexity index is 888. The van der Waals surface area contributed by atoms with Crippen LogP contribution in [0.5, 0.6) is 11.5 Å². The molecule has 2 heterocycles. The maximum atomic E-state index is 12.7. The van der Waals surface area contributed by atoms with Crippen LogP contribution in [-0.2, 0) is 23.6 Å². The number of amides is 1. The number of benzene rings is 1. The molecule has 1 aliphatic heterocycles. The first kappa shape index (κ1) is 15.3. The van der Waals surface area contributed by atoms with Crippen LogP contribution >= 0.6 is 0 Å². The highest BCUT2D eigenvalue weighted by molar-refractivity contribution is 7.90. The lowest BCUT2D eigenvalue weighted by Gasteiger charge is -2.13. The predicted octanol–water partition coefficient (Wildman–Crippen LogP) is 0.782. The molecule has 1 aromatic carbocycles. The van der Waals surface area contributed by atoms with E-state index < -0.39 is 15.9 Å². The van der Waals surface area contributed by atoms with E-state index in [1.165, 1.54) is 32.5 Å². The summed E-state index contributed by atoms with van der Waals surface area (Å²) in [7, 11) is 0.612. The summed E-state index contributed by atoms with van der Waals surface area (Å²) >= 11 is 0. The minimum atomic E-state index is -3.93. The number of hydrogen-bond donors (Lipinski definition) is 0. The fourth-order valence-corrected chi connectivity index (χ4v) is 4.03. The molecule has 0 spiro atoms. The van der Waals surface area contributed by atoms with Crippen molar-refractivity contribution in [3.63, 3.8) is 0 Å². The normalized spacial score (nSPS) is 15.6. The third-order valence-electron chi connectivity index (χ3n) is 3.60. The van der Waals surface area contributed by atoms with Gasteiger partial charge in [0.1, 0.15) is 4.90 Å². The summed E-state index contributed by atoms with van der Waals surface area (Å²) in [6.07, 6.45) is 3.18. The SMILES string of the molecule is COc1cc2c(cc1OC)S(=O)(=O)N(Cc1cnn(C)c1)C2=O. The van der Waals surface area contributed by atoms with Crippen LogP contribution in [0, 0.1) is 0 Å². The van der Waals surface area contributed by atoms with Gasteiger partial charge in [0.05, 0.1) is 32.5 Å². The molecule has 1 aliphatic rings. The van der Waals surface area contributed by atoms with Gasteiger partial charge in [0.15, 0.2) is 11.5 Å². The molecule has 23 heavy (non-hydrogen) atoms. The Labute approximate surface area is 133 Å². The minimum absolute atomic E-state index is 0.0751. The van der Waals surface area contributed by atoms with E-state index in [4.69, 9.17) is 9.47 Å². The zero-order valence-corrected chi connectivity index (χ0v) is 13.6. The van der Waals surface area contributed by atoms with Crippen molar-refractivity contribution in [2.45, 2.75) is 11.4 Å². The van der Waals surface area contributed by atoms with E-state index in [1.54, 1.807) is 17.9 Å². The van der Waals surface area contributed by atoms with Gasteiger partial charge in [-0.2, -0.15) is 5.10 Å². The summed E-state index contributed by atoms with van der Waals surface area (Å²) in [5.74, 6) is -0.0336. The molecule has 0 saturated carbocycles. The molecule has 0 N–H and O–H groups in total. The van der Waals surface area contributed by atoms with Crippen LogP contribution in [-0.4, -0.2) is 42.6 Å². The van der Waals surface area contributed by atoms with E-state index in [0.29, 0.717) is 11.3 Å². The molecule has 1 aromatic heterocycles. The molecule has 0 saturated heterocycles. The molecule has 0 radical (unpaired) electrons. The Morgan fingerprint density at radius 3 is 2.39 bits per heavy atom. The molecule has 0 aliphatic carbocycles. The lowest BCUT2D eigenvalue weighted by Crippen LogP contribution is -2.29. The topological polar surface area (TPSA) is 90.7 Å². The number of rotatable bonds is 4. The van der Waals surface area contributed by atoms with Crippen LogP contribution in [0.3, 0.4) is 0 Å². The Balaban J connectivity index is 2.07. The third kappa shape index (κ3) is 2.33. The van der Waals surface area contributed by atoms with E-state index in [2.05, 4.69) is 5.10 Å². The third-order valence-corrected chi connectivity index (χ3v) is 5.36. The number of nitrogens with zero attached hydrogens (tertiary/aromatic N) is 3. The van der Waals surface area contributed by atoms with Gasteiger partial charge in [-0.05, 0) is 6.07 Å². The van der Waals surface area contributed by atoms with Crippen LogP contribution in [0.4, 0.5) is 0 Å². The summed E-state index contributed by atoms with van der Waals surface area (Å²) < 4.78 is 37.9. The van der Waals surface area contributed by atoms with Crippen LogP contribution in [0.2, 0.25) is 0 Å². The zero-order valence-electron chi connectivity index (χ0n) is 12.8. The smallest absolute Gasteiger partial charge is 0.269 e. The van der Waals surface area contributed by atoms with Crippen LogP contribution in [0.1, 0.15) is 15.9 Å². The Morgan fingerprint density at radius 2 is 1.83 bits per heavy atom. The number of hydrogen-bond acceptors (Lipinski definition) is 6. The van der Waals surface area contributed by atoms with E-state index in [0.717, 1.165) is 4.31 Å². The minimum Gasteiger partial charge on any atom is -0.493 e. The maximum absolute atomic E-state index is 12.7. The zero-order chi connectivity index (χ0) is 16.8. The van der Waals surface area contributed by atoms with Gasteiger partial charge in [0, 0.05) is 24.9 Å². The summed E-state index contributed by atoms with van der Waals surface area (Å²) in [6.45, 7) is -0.0751. The first-order chi connectivity index (χ1) is 10.9. The number of sulfonamides is 1. The van der Waals surface area contributed by atoms with Crippen molar-refractivity contribution in [3.8, 4) is 11.5 Å². The Kier molecular flexibility index (Phi) is 3.52. The number of aryl methyl sites for hydroxylation is 1. The van der Waals surface area contributed by atoms with Crippen LogP contribution in [0.15, 0.2) is 29.4 Å². The number of aromatic nitrogens is 2. The van der Waals surface area contributed by atoms with Crippen molar-refractivity contribution in [2.24, 2.45) is 7.05 Å². The van der Waals surface area contributed by atoms with Crippen LogP contribution in [0.25, 0.3) is 0 Å². The predicted molar refractivity (Wildman–Crippen MR) is 79.8 cm³/mol. The molecule has 0 unspecified atom stereocenters. The fourth-order valence-electron chi connectivity index (χ4n) is 2.48. The summed E-state index contributed by atoms with van der Waals surface area (Å²) in [6, 6.07) is 2.70. The average molecular weight is 337 g/mol. The van der Waals surface area contributed by atoms with Gasteiger partial charge in [-0.3, -0.25) is 9.48 Å². The molecule has 122 valence electrons. The van der Waals surface area contributed by atoms with Crippen molar-refractivity contribution in [2.75, 3.05) is 14.2 Å². The van der Waals surface area contributed by atoms with Gasteiger partial charge in [-0.15, -0.1) is 0 Å². The largest absolute Gasteiger partial charge is 0.493 e. The summed E-state index contributed by atoms with van der Waals surface area (Å²) in [5.41, 5.74) is 0.697. The van der Waals surface area contributed by atoms with Gasteiger partial charge in [-0.25, -0.2) is 12.7 Å². The molecule has 8 nitrogen and oxygen atoms in total. The molecule has 0 atom stereocenters. The van der Waals surface area contributed by atoms with Crippen LogP contribution < -0.4 is 9.47 Å². The van der Waals surface area contributed by atoms with Crippen molar-refractivity contribution in [1.82, 2.24) is 14.1 Å². The Morgan fingerprint density at radius 1 is 1.17 bits per heavy atom. The van der Waals surface area contributed by atoms with Crippen molar-refractivity contribution >= 4 is 15.9 Å². The van der Waals surface area contributed by atoms with E-state index in [9.17, 15) is 13.2 Å². The number of fused-ring (bicyclic) bond motifs is 1. The molecule has 3 rings (SSSR count). The molecule has 2 aromatic rings. The maximum Gasteiger partial charge on any atom is 0.269 e. The van der Waals surface area contributed by atoms with Gasteiger partial charge in [0.2, 0.25) is 0 Å². The van der Waals surface area contributed by atoms with Gasteiger partial charge >= 0.3 is 0 Å². The van der Waals surface area contributed by atoms with Crippen molar-refractivity contribution in [1.29, 1.82) is 0 Å². The molecular formula is C14H15N3O5S. The number of carbonyl (C=O) groups excluding carboxylic acids is 1. The first-order valence-electron chi connectivity index (χ1n) is 6.69. The lowest BCUT2D eigenvalue weighted by atomic mass is 10.2. The van der Waals surface area contributed by atoms with E-state index in [1.807, 2.05) is 0 Å². The monoisotopic (exact) mass is 337 g/mol. The van der Waals surface area contributed by atoms with Gasteiger partial charge < -0.3 is 9.47 Å². The molecule has 9 heteroatoms. The average Bonchev–Trinajstić information content (AvgIpc) is 3.01. The Hall–Kier alpha value is -2.55. The highest BCUT2D eigenvalue weighted by atomic mass is 32.2. The lowest BCUT2D eigenvalue weighted by molar-refractivity contribution is 0.0864. The summed E-state index contributed by atoms with van der Waals surface area (Å²) in [4.78, 5) is 12.4. The first-order valence-corrected chi connectivity index (χ1v) is 8.13. The number of methoxy groups -OCH3 is 2. The van der Waals surface area contributed by atoms with Crippen molar-refractivity contribution in [3.05, 3.63) is 35.7 Å². The molecule has 0 fully saturated rings. The standard InChI is InChI=1S/C14H15N3O5S/c1-16-7-9(6-15-16)8-17-14(18)10-4-11(21-2)12(22-3)5-13(10)23(17,19)20/h4-7H,8H2,1-3H3. The summed E-state index contributed by atoms with van der Waals surface area (Å²) in [5, 5.41) is 3.98. The molecule has 0 bridgehead atoms. The highest BCUT2D eigenvalue weighted by Crippen LogP contribution is 2.39. The molecule has 1 amide bonds. The number of carbonyl (C=O) groups is 1. The number of ether oxygens (including phenoxy) is 2. The second-order valence-corrected chi connectivity index (χ2v) is 6.87. The van der Waals surface area contributed by atoms with E-state index >= 15 is 0 Å². The second kappa shape index (κ2) is 5.27. The highest BCUT2D eigenvalue weighted by Gasteiger charge is 2.42. The van der Waals surface area contributed by atoms with Gasteiger partial charge in [0.25, 0.3) is 15.9 Å². The fraction of sp³-hybridized carbons (Fsp3) is 0.286. The second-order valence-electron chi connectivity index (χ2n) is 5.04. The molecular weight excluding hydrogens is 322 g/mol.